The lowest BCUT2D eigenvalue weighted by atomic mass is 10.1. The van der Waals surface area contributed by atoms with Gasteiger partial charge in [0, 0.05) is 29.9 Å². The van der Waals surface area contributed by atoms with Crippen LogP contribution in [0.1, 0.15) is 16.7 Å². The molecule has 0 heterocycles. The molecular formula is C15H15FN2O3. The number of halogens is 1. The maximum atomic E-state index is 13.2. The van der Waals surface area contributed by atoms with Gasteiger partial charge in [0.2, 0.25) is 0 Å². The smallest absolute Gasteiger partial charge is 0.274 e. The van der Waals surface area contributed by atoms with Crippen LogP contribution >= 0.6 is 0 Å². The highest BCUT2D eigenvalue weighted by molar-refractivity contribution is 5.60. The SMILES string of the molecule is Cc1cc(C)c([N+](=O)[O-])cc1NCc1cc(O)cc(F)c1. The minimum atomic E-state index is -0.529. The summed E-state index contributed by atoms with van der Waals surface area (Å²) < 4.78 is 13.2. The van der Waals surface area contributed by atoms with Crippen LogP contribution < -0.4 is 5.32 Å². The normalized spacial score (nSPS) is 10.4. The highest BCUT2D eigenvalue weighted by atomic mass is 19.1. The molecule has 0 unspecified atom stereocenters. The Bertz CT molecular complexity index is 681. The second kappa shape index (κ2) is 5.78. The highest BCUT2D eigenvalue weighted by Crippen LogP contribution is 2.27. The van der Waals surface area contributed by atoms with Gasteiger partial charge in [0.25, 0.3) is 5.69 Å². The lowest BCUT2D eigenvalue weighted by Crippen LogP contribution is -2.03. The van der Waals surface area contributed by atoms with Gasteiger partial charge in [-0.1, -0.05) is 0 Å². The van der Waals surface area contributed by atoms with Crippen molar-refractivity contribution in [2.75, 3.05) is 5.32 Å². The van der Waals surface area contributed by atoms with Crippen molar-refractivity contribution in [2.45, 2.75) is 20.4 Å². The quantitative estimate of drug-likeness (QED) is 0.665. The molecule has 0 bridgehead atoms. The van der Waals surface area contributed by atoms with E-state index in [4.69, 9.17) is 0 Å². The molecule has 0 aliphatic carbocycles. The Kier molecular flexibility index (Phi) is 4.07. The first-order valence-electron chi connectivity index (χ1n) is 6.35. The molecule has 0 aromatic heterocycles. The molecule has 110 valence electrons. The van der Waals surface area contributed by atoms with E-state index in [1.807, 2.05) is 6.92 Å². The lowest BCUT2D eigenvalue weighted by Gasteiger charge is -2.11. The van der Waals surface area contributed by atoms with E-state index < -0.39 is 10.7 Å². The summed E-state index contributed by atoms with van der Waals surface area (Å²) >= 11 is 0. The van der Waals surface area contributed by atoms with Crippen molar-refractivity contribution in [3.8, 4) is 5.75 Å². The summed E-state index contributed by atoms with van der Waals surface area (Å²) in [7, 11) is 0. The van der Waals surface area contributed by atoms with E-state index in [-0.39, 0.29) is 18.0 Å². The maximum Gasteiger partial charge on any atom is 0.274 e. The molecule has 0 aliphatic heterocycles. The largest absolute Gasteiger partial charge is 0.508 e. The number of hydrogen-bond donors (Lipinski definition) is 2. The van der Waals surface area contributed by atoms with Gasteiger partial charge in [0.15, 0.2) is 0 Å². The standard InChI is InChI=1S/C15H15FN2O3/c1-9-3-10(2)15(18(20)21)7-14(9)17-8-11-4-12(16)6-13(19)5-11/h3-7,17,19H,8H2,1-2H3. The molecule has 2 rings (SSSR count). The van der Waals surface area contributed by atoms with Crippen molar-refractivity contribution >= 4 is 11.4 Å². The van der Waals surface area contributed by atoms with Crippen molar-refractivity contribution in [3.05, 3.63) is 63.0 Å². The third-order valence-electron chi connectivity index (χ3n) is 3.16. The maximum absolute atomic E-state index is 13.2. The fraction of sp³-hybridized carbons (Fsp3) is 0.200. The molecule has 0 radical (unpaired) electrons. The predicted octanol–water partition coefficient (Wildman–Crippen LogP) is 3.67. The monoisotopic (exact) mass is 290 g/mol. The number of phenols is 1. The van der Waals surface area contributed by atoms with Gasteiger partial charge in [0.1, 0.15) is 11.6 Å². The van der Waals surface area contributed by atoms with Crippen LogP contribution in [0.2, 0.25) is 0 Å². The molecule has 2 N–H and O–H groups in total. The molecule has 0 atom stereocenters. The Morgan fingerprint density at radius 1 is 1.19 bits per heavy atom. The summed E-state index contributed by atoms with van der Waals surface area (Å²) in [6.45, 7) is 3.77. The summed E-state index contributed by atoms with van der Waals surface area (Å²) in [6, 6.07) is 6.94. The van der Waals surface area contributed by atoms with Gasteiger partial charge in [-0.05, 0) is 43.2 Å². The fourth-order valence-corrected chi connectivity index (χ4v) is 2.16. The van der Waals surface area contributed by atoms with Crippen LogP contribution in [-0.2, 0) is 6.54 Å². The third-order valence-corrected chi connectivity index (χ3v) is 3.16. The van der Waals surface area contributed by atoms with Crippen molar-refractivity contribution in [1.29, 1.82) is 0 Å². The Hall–Kier alpha value is -2.63. The van der Waals surface area contributed by atoms with Crippen LogP contribution in [-0.4, -0.2) is 10.0 Å². The van der Waals surface area contributed by atoms with Crippen LogP contribution in [0, 0.1) is 29.8 Å². The third kappa shape index (κ3) is 3.47. The van der Waals surface area contributed by atoms with Gasteiger partial charge >= 0.3 is 0 Å². The highest BCUT2D eigenvalue weighted by Gasteiger charge is 2.13. The first-order chi connectivity index (χ1) is 9.86. The first kappa shape index (κ1) is 14.8. The second-order valence-corrected chi connectivity index (χ2v) is 4.88. The van der Waals surface area contributed by atoms with Crippen molar-refractivity contribution in [2.24, 2.45) is 0 Å². The molecule has 0 spiro atoms. The van der Waals surface area contributed by atoms with Gasteiger partial charge in [-0.25, -0.2) is 4.39 Å². The first-order valence-corrected chi connectivity index (χ1v) is 6.35. The van der Waals surface area contributed by atoms with Crippen molar-refractivity contribution < 1.29 is 14.4 Å². The van der Waals surface area contributed by atoms with E-state index in [0.29, 0.717) is 16.8 Å². The van der Waals surface area contributed by atoms with E-state index in [1.54, 1.807) is 13.0 Å². The lowest BCUT2D eigenvalue weighted by molar-refractivity contribution is -0.385. The van der Waals surface area contributed by atoms with Crippen LogP contribution in [0.3, 0.4) is 0 Å². The number of nitrogens with zero attached hydrogens (tertiary/aromatic N) is 1. The molecule has 0 aliphatic rings. The number of nitro benzene ring substituents is 1. The van der Waals surface area contributed by atoms with E-state index in [9.17, 15) is 19.6 Å². The molecule has 0 fully saturated rings. The summed E-state index contributed by atoms with van der Waals surface area (Å²) in [5, 5.41) is 23.3. The zero-order valence-corrected chi connectivity index (χ0v) is 11.7. The molecular weight excluding hydrogens is 275 g/mol. The van der Waals surface area contributed by atoms with Gasteiger partial charge in [-0.3, -0.25) is 10.1 Å². The zero-order chi connectivity index (χ0) is 15.6. The fourth-order valence-electron chi connectivity index (χ4n) is 2.16. The van der Waals surface area contributed by atoms with E-state index in [1.165, 1.54) is 18.2 Å². The van der Waals surface area contributed by atoms with Crippen LogP contribution in [0.4, 0.5) is 15.8 Å². The molecule has 5 nitrogen and oxygen atoms in total. The summed E-state index contributed by atoms with van der Waals surface area (Å²) in [5.74, 6) is -0.684. The Morgan fingerprint density at radius 2 is 1.90 bits per heavy atom. The molecule has 6 heteroatoms. The van der Waals surface area contributed by atoms with Crippen molar-refractivity contribution in [1.82, 2.24) is 0 Å². The Balaban J connectivity index is 2.23. The van der Waals surface area contributed by atoms with E-state index in [2.05, 4.69) is 5.32 Å². The van der Waals surface area contributed by atoms with Crippen molar-refractivity contribution in [3.63, 3.8) is 0 Å². The number of aromatic hydroxyl groups is 1. The minimum Gasteiger partial charge on any atom is -0.508 e. The summed E-state index contributed by atoms with van der Waals surface area (Å²) in [6.07, 6.45) is 0. The summed E-state index contributed by atoms with van der Waals surface area (Å²) in [5.41, 5.74) is 2.64. The molecule has 0 amide bonds. The Labute approximate surface area is 121 Å². The topological polar surface area (TPSA) is 75.4 Å². The number of phenolic OH excluding ortho intramolecular Hbond substituents is 1. The van der Waals surface area contributed by atoms with E-state index in [0.717, 1.165) is 11.6 Å². The van der Waals surface area contributed by atoms with Crippen LogP contribution in [0.25, 0.3) is 0 Å². The number of nitrogens with one attached hydrogen (secondary N) is 1. The van der Waals surface area contributed by atoms with Gasteiger partial charge in [0.05, 0.1) is 4.92 Å². The average Bonchev–Trinajstić information content (AvgIpc) is 2.36. The van der Waals surface area contributed by atoms with Gasteiger partial charge in [-0.15, -0.1) is 0 Å². The number of anilines is 1. The summed E-state index contributed by atoms with van der Waals surface area (Å²) in [4.78, 5) is 10.5. The molecule has 21 heavy (non-hydrogen) atoms. The minimum absolute atomic E-state index is 0.0326. The number of rotatable bonds is 4. The predicted molar refractivity (Wildman–Crippen MR) is 78.0 cm³/mol. The second-order valence-electron chi connectivity index (χ2n) is 4.88. The molecule has 2 aromatic carbocycles. The number of aryl methyl sites for hydroxylation is 2. The van der Waals surface area contributed by atoms with E-state index >= 15 is 0 Å². The van der Waals surface area contributed by atoms with Gasteiger partial charge < -0.3 is 10.4 Å². The van der Waals surface area contributed by atoms with Gasteiger partial charge in [-0.2, -0.15) is 0 Å². The average molecular weight is 290 g/mol. The zero-order valence-electron chi connectivity index (χ0n) is 11.7. The Morgan fingerprint density at radius 3 is 2.52 bits per heavy atom. The number of nitro groups is 1. The number of hydrogen-bond acceptors (Lipinski definition) is 4. The molecule has 2 aromatic rings. The van der Waals surface area contributed by atoms with Crippen LogP contribution in [0.15, 0.2) is 30.3 Å². The molecule has 0 saturated carbocycles. The van der Waals surface area contributed by atoms with Crippen LogP contribution in [0.5, 0.6) is 5.75 Å². The molecule has 0 saturated heterocycles. The number of benzene rings is 2.